The van der Waals surface area contributed by atoms with E-state index in [4.69, 9.17) is 11.6 Å². The molecular weight excluding hydrogens is 317 g/mol. The van der Waals surface area contributed by atoms with Gasteiger partial charge in [0.25, 0.3) is 5.91 Å². The van der Waals surface area contributed by atoms with Crippen LogP contribution >= 0.6 is 11.6 Å². The molecule has 5 heteroatoms. The van der Waals surface area contributed by atoms with Crippen LogP contribution in [0.2, 0.25) is 5.02 Å². The Morgan fingerprint density at radius 2 is 2.09 bits per heavy atom. The second-order valence-corrected chi connectivity index (χ2v) is 6.37. The lowest BCUT2D eigenvalue weighted by Gasteiger charge is -2.18. The molecule has 2 aliphatic rings. The molecule has 2 aromatic rings. The molecule has 116 valence electrons. The summed E-state index contributed by atoms with van der Waals surface area (Å²) in [6.45, 7) is 0.487. The largest absolute Gasteiger partial charge is 0.307 e. The van der Waals surface area contributed by atoms with Crippen LogP contribution in [0.5, 0.6) is 0 Å². The minimum absolute atomic E-state index is 0.00280. The average Bonchev–Trinajstić information content (AvgIpc) is 2.91. The van der Waals surface area contributed by atoms with Crippen LogP contribution in [0.4, 0.5) is 10.1 Å². The van der Waals surface area contributed by atoms with Gasteiger partial charge in [-0.05, 0) is 36.2 Å². The average molecular weight is 330 g/mol. The quantitative estimate of drug-likeness (QED) is 0.786. The topological polar surface area (TPSA) is 37.4 Å². The molecule has 0 N–H and O–H groups in total. The lowest BCUT2D eigenvalue weighted by molar-refractivity contribution is 0.0968. The second kappa shape index (κ2) is 5.17. The van der Waals surface area contributed by atoms with E-state index in [2.05, 4.69) is 0 Å². The van der Waals surface area contributed by atoms with Crippen molar-refractivity contribution in [3.8, 4) is 0 Å². The number of amides is 1. The SMILES string of the molecule is O=C1CC[C@@H]2CN(C(=O)c3ccc(Cl)cc3F)c3cccc1c32. The molecule has 1 amide bonds. The summed E-state index contributed by atoms with van der Waals surface area (Å²) in [5, 5.41) is 0.254. The smallest absolute Gasteiger partial charge is 0.261 e. The van der Waals surface area contributed by atoms with Crippen LogP contribution < -0.4 is 4.90 Å². The van der Waals surface area contributed by atoms with Crippen molar-refractivity contribution in [3.05, 3.63) is 63.9 Å². The molecule has 0 radical (unpaired) electrons. The Labute approximate surface area is 137 Å². The normalized spacial score (nSPS) is 19.0. The van der Waals surface area contributed by atoms with Gasteiger partial charge in [0, 0.05) is 35.2 Å². The van der Waals surface area contributed by atoms with E-state index in [9.17, 15) is 14.0 Å². The number of rotatable bonds is 1. The molecule has 1 aliphatic carbocycles. The summed E-state index contributed by atoms with van der Waals surface area (Å²) in [5.74, 6) is -0.757. The van der Waals surface area contributed by atoms with Crippen molar-refractivity contribution in [2.45, 2.75) is 18.8 Å². The lowest BCUT2D eigenvalue weighted by atomic mass is 9.83. The first kappa shape index (κ1) is 14.4. The van der Waals surface area contributed by atoms with Crippen molar-refractivity contribution in [1.29, 1.82) is 0 Å². The summed E-state index contributed by atoms with van der Waals surface area (Å²) in [6.07, 6.45) is 1.23. The third-order valence-electron chi connectivity index (χ3n) is 4.61. The van der Waals surface area contributed by atoms with Gasteiger partial charge in [-0.25, -0.2) is 4.39 Å². The first-order valence-electron chi connectivity index (χ1n) is 7.49. The fraction of sp³-hybridized carbons (Fsp3) is 0.222. The third kappa shape index (κ3) is 2.17. The van der Waals surface area contributed by atoms with Gasteiger partial charge in [0.2, 0.25) is 0 Å². The summed E-state index contributed by atoms with van der Waals surface area (Å²) >= 11 is 5.75. The molecule has 23 heavy (non-hydrogen) atoms. The molecule has 0 saturated carbocycles. The minimum atomic E-state index is -0.630. The maximum Gasteiger partial charge on any atom is 0.261 e. The molecule has 0 unspecified atom stereocenters. The highest BCUT2D eigenvalue weighted by molar-refractivity contribution is 6.30. The highest BCUT2D eigenvalue weighted by Crippen LogP contribution is 2.44. The maximum atomic E-state index is 14.1. The number of hydrogen-bond donors (Lipinski definition) is 0. The number of ketones is 1. The zero-order chi connectivity index (χ0) is 16.1. The highest BCUT2D eigenvalue weighted by Gasteiger charge is 2.38. The second-order valence-electron chi connectivity index (χ2n) is 5.94. The lowest BCUT2D eigenvalue weighted by Crippen LogP contribution is -2.30. The molecule has 0 bridgehead atoms. The predicted molar refractivity (Wildman–Crippen MR) is 85.8 cm³/mol. The van der Waals surface area contributed by atoms with Crippen LogP contribution in [0.25, 0.3) is 0 Å². The fourth-order valence-electron chi connectivity index (χ4n) is 3.55. The van der Waals surface area contributed by atoms with E-state index in [0.29, 0.717) is 18.5 Å². The van der Waals surface area contributed by atoms with E-state index < -0.39 is 11.7 Å². The van der Waals surface area contributed by atoms with Crippen LogP contribution in [0, 0.1) is 5.82 Å². The molecule has 0 spiro atoms. The van der Waals surface area contributed by atoms with E-state index in [1.54, 1.807) is 11.0 Å². The summed E-state index contributed by atoms with van der Waals surface area (Å²) in [6, 6.07) is 9.46. The van der Waals surface area contributed by atoms with Gasteiger partial charge in [-0.1, -0.05) is 23.7 Å². The predicted octanol–water partition coefficient (Wildman–Crippen LogP) is 4.20. The van der Waals surface area contributed by atoms with Gasteiger partial charge < -0.3 is 4.90 Å². The molecule has 0 aromatic heterocycles. The fourth-order valence-corrected chi connectivity index (χ4v) is 3.71. The Balaban J connectivity index is 1.79. The monoisotopic (exact) mass is 329 g/mol. The van der Waals surface area contributed by atoms with E-state index >= 15 is 0 Å². The number of benzene rings is 2. The number of carbonyl (C=O) groups excluding carboxylic acids is 2. The van der Waals surface area contributed by atoms with Gasteiger partial charge >= 0.3 is 0 Å². The van der Waals surface area contributed by atoms with E-state index in [-0.39, 0.29) is 22.3 Å². The number of Topliss-reactive ketones (excluding diaryl/α,β-unsaturated/α-hetero) is 1. The van der Waals surface area contributed by atoms with Crippen LogP contribution in [0.3, 0.4) is 0 Å². The van der Waals surface area contributed by atoms with Gasteiger partial charge in [0.1, 0.15) is 5.82 Å². The summed E-state index contributed by atoms with van der Waals surface area (Å²) in [5.41, 5.74) is 2.36. The van der Waals surface area contributed by atoms with Gasteiger partial charge in [-0.2, -0.15) is 0 Å². The van der Waals surface area contributed by atoms with Gasteiger partial charge in [0.15, 0.2) is 5.78 Å². The Hall–Kier alpha value is -2.20. The summed E-state index contributed by atoms with van der Waals surface area (Å²) in [4.78, 5) is 26.4. The highest BCUT2D eigenvalue weighted by atomic mass is 35.5. The number of hydrogen-bond acceptors (Lipinski definition) is 2. The number of carbonyl (C=O) groups is 2. The number of anilines is 1. The minimum Gasteiger partial charge on any atom is -0.307 e. The maximum absolute atomic E-state index is 14.1. The van der Waals surface area contributed by atoms with Gasteiger partial charge in [-0.3, -0.25) is 9.59 Å². The Kier molecular flexibility index (Phi) is 3.23. The van der Waals surface area contributed by atoms with Crippen LogP contribution in [-0.2, 0) is 0 Å². The molecule has 2 aromatic carbocycles. The molecule has 0 fully saturated rings. The molecule has 3 nitrogen and oxygen atoms in total. The van der Waals surface area contributed by atoms with E-state index in [1.165, 1.54) is 12.1 Å². The summed E-state index contributed by atoms with van der Waals surface area (Å²) < 4.78 is 14.1. The Bertz CT molecular complexity index is 849. The van der Waals surface area contributed by atoms with Crippen LogP contribution in [0.15, 0.2) is 36.4 Å². The first-order valence-corrected chi connectivity index (χ1v) is 7.87. The molecule has 0 saturated heterocycles. The van der Waals surface area contributed by atoms with Gasteiger partial charge in [0.05, 0.1) is 5.56 Å². The van der Waals surface area contributed by atoms with Crippen molar-refractivity contribution < 1.29 is 14.0 Å². The van der Waals surface area contributed by atoms with Crippen molar-refractivity contribution >= 4 is 29.0 Å². The molecule has 1 atom stereocenters. The third-order valence-corrected chi connectivity index (χ3v) is 4.85. The van der Waals surface area contributed by atoms with Crippen LogP contribution in [-0.4, -0.2) is 18.2 Å². The van der Waals surface area contributed by atoms with Crippen molar-refractivity contribution in [2.75, 3.05) is 11.4 Å². The van der Waals surface area contributed by atoms with Crippen molar-refractivity contribution in [2.24, 2.45) is 0 Å². The Morgan fingerprint density at radius 1 is 1.26 bits per heavy atom. The van der Waals surface area contributed by atoms with Gasteiger partial charge in [-0.15, -0.1) is 0 Å². The van der Waals surface area contributed by atoms with Crippen molar-refractivity contribution in [3.63, 3.8) is 0 Å². The summed E-state index contributed by atoms with van der Waals surface area (Å²) in [7, 11) is 0. The van der Waals surface area contributed by atoms with Crippen molar-refractivity contribution in [1.82, 2.24) is 0 Å². The molecular formula is C18H13ClFNO2. The zero-order valence-electron chi connectivity index (χ0n) is 12.2. The number of halogens is 2. The first-order chi connectivity index (χ1) is 11.1. The standard InChI is InChI=1S/C18H13ClFNO2/c19-11-5-6-12(14(20)8-11)18(23)21-9-10-4-7-16(22)13-2-1-3-15(21)17(10)13/h1-3,5-6,8,10H,4,7,9H2/t10-/m1/s1. The molecule has 4 rings (SSSR count). The van der Waals surface area contributed by atoms with E-state index in [1.807, 2.05) is 12.1 Å². The van der Waals surface area contributed by atoms with E-state index in [0.717, 1.165) is 23.7 Å². The Morgan fingerprint density at radius 3 is 2.87 bits per heavy atom. The molecule has 1 heterocycles. The molecule has 1 aliphatic heterocycles. The van der Waals surface area contributed by atoms with Crippen LogP contribution in [0.1, 0.15) is 45.0 Å². The zero-order valence-corrected chi connectivity index (χ0v) is 12.9. The number of nitrogens with zero attached hydrogens (tertiary/aromatic N) is 1.